The fourth-order valence-electron chi connectivity index (χ4n) is 1.01. The zero-order valence-electron chi connectivity index (χ0n) is 7.11. The van der Waals surface area contributed by atoms with Crippen molar-refractivity contribution < 1.29 is 17.7 Å². The standard InChI is InChI=1S/C8H11FO3S/c1-13(10,11,12)6-7-3-2-4-8(9)5-7/h2-5H,6H2,1H3,(H2,10,11,12). The van der Waals surface area contributed by atoms with Crippen LogP contribution in [0.25, 0.3) is 0 Å². The summed E-state index contributed by atoms with van der Waals surface area (Å²) in [4.78, 5) is 0. The molecule has 0 spiro atoms. The van der Waals surface area contributed by atoms with E-state index in [4.69, 9.17) is 9.11 Å². The van der Waals surface area contributed by atoms with Gasteiger partial charge >= 0.3 is 0 Å². The number of benzene rings is 1. The zero-order valence-corrected chi connectivity index (χ0v) is 7.92. The minimum absolute atomic E-state index is 0.296. The lowest BCUT2D eigenvalue weighted by atomic mass is 10.2. The van der Waals surface area contributed by atoms with Gasteiger partial charge in [0, 0.05) is 6.26 Å². The van der Waals surface area contributed by atoms with Crippen molar-refractivity contribution in [2.24, 2.45) is 0 Å². The smallest absolute Gasteiger partial charge is 0.123 e. The third kappa shape index (κ3) is 4.12. The first kappa shape index (κ1) is 10.3. The van der Waals surface area contributed by atoms with Gasteiger partial charge in [-0.25, -0.2) is 8.60 Å². The Bertz CT molecular complexity index is 372. The monoisotopic (exact) mass is 206 g/mol. The van der Waals surface area contributed by atoms with Crippen molar-refractivity contribution in [2.45, 2.75) is 5.75 Å². The second kappa shape index (κ2) is 2.87. The molecular formula is C8H11FO3S. The van der Waals surface area contributed by atoms with E-state index in [0.717, 1.165) is 12.3 Å². The minimum Gasteiger partial charge on any atom is -0.308 e. The predicted octanol–water partition coefficient (Wildman–Crippen LogP) is 1.72. The van der Waals surface area contributed by atoms with Crippen molar-refractivity contribution in [3.05, 3.63) is 35.6 Å². The quantitative estimate of drug-likeness (QED) is 0.774. The van der Waals surface area contributed by atoms with E-state index in [1.165, 1.54) is 18.2 Å². The highest BCUT2D eigenvalue weighted by Gasteiger charge is 2.22. The van der Waals surface area contributed by atoms with E-state index in [1.807, 2.05) is 0 Å². The molecular weight excluding hydrogens is 195 g/mol. The zero-order chi connectivity index (χ0) is 10.1. The molecule has 0 saturated carbocycles. The van der Waals surface area contributed by atoms with Crippen molar-refractivity contribution >= 4 is 9.63 Å². The fraction of sp³-hybridized carbons (Fsp3) is 0.250. The molecule has 0 aliphatic heterocycles. The number of hydrogen-bond acceptors (Lipinski definition) is 1. The Balaban J connectivity index is 2.94. The Hall–Kier alpha value is -0.780. The molecule has 5 heteroatoms. The van der Waals surface area contributed by atoms with Crippen LogP contribution >= 0.6 is 0 Å². The van der Waals surface area contributed by atoms with Gasteiger partial charge in [0.1, 0.15) is 5.82 Å². The molecule has 0 aliphatic rings. The van der Waals surface area contributed by atoms with Crippen LogP contribution < -0.4 is 0 Å². The van der Waals surface area contributed by atoms with Crippen molar-refractivity contribution in [2.75, 3.05) is 6.26 Å². The van der Waals surface area contributed by atoms with Gasteiger partial charge in [0.2, 0.25) is 0 Å². The molecule has 13 heavy (non-hydrogen) atoms. The maximum Gasteiger partial charge on any atom is 0.123 e. The maximum absolute atomic E-state index is 12.6. The average Bonchev–Trinajstić information content (AvgIpc) is 1.80. The third-order valence-corrected chi connectivity index (χ3v) is 2.39. The lowest BCUT2D eigenvalue weighted by molar-refractivity contribution is 0.397. The van der Waals surface area contributed by atoms with E-state index in [0.29, 0.717) is 5.56 Å². The van der Waals surface area contributed by atoms with Gasteiger partial charge in [-0.3, -0.25) is 0 Å². The number of hydrogen-bond donors (Lipinski definition) is 2. The lowest BCUT2D eigenvalue weighted by Gasteiger charge is -2.25. The van der Waals surface area contributed by atoms with Gasteiger partial charge in [0.15, 0.2) is 0 Å². The van der Waals surface area contributed by atoms with Crippen molar-refractivity contribution in [1.82, 2.24) is 0 Å². The van der Waals surface area contributed by atoms with Crippen LogP contribution in [-0.4, -0.2) is 19.6 Å². The molecule has 0 amide bonds. The molecule has 3 nitrogen and oxygen atoms in total. The van der Waals surface area contributed by atoms with Crippen molar-refractivity contribution in [1.29, 1.82) is 0 Å². The number of rotatable bonds is 2. The fourth-order valence-corrected chi connectivity index (χ4v) is 1.96. The topological polar surface area (TPSA) is 57.5 Å². The van der Waals surface area contributed by atoms with Gasteiger partial charge in [-0.1, -0.05) is 12.1 Å². The van der Waals surface area contributed by atoms with E-state index in [1.54, 1.807) is 0 Å². The molecule has 1 aromatic carbocycles. The highest BCUT2D eigenvalue weighted by Crippen LogP contribution is 2.19. The summed E-state index contributed by atoms with van der Waals surface area (Å²) in [5.74, 6) is -0.941. The summed E-state index contributed by atoms with van der Waals surface area (Å²) in [6, 6.07) is 5.24. The third-order valence-electron chi connectivity index (χ3n) is 1.39. The maximum atomic E-state index is 12.6. The van der Waals surface area contributed by atoms with Crippen LogP contribution in [0.4, 0.5) is 4.39 Å². The van der Waals surface area contributed by atoms with Crippen molar-refractivity contribution in [3.8, 4) is 0 Å². The van der Waals surface area contributed by atoms with E-state index < -0.39 is 21.2 Å². The van der Waals surface area contributed by atoms with Gasteiger partial charge in [0.25, 0.3) is 0 Å². The van der Waals surface area contributed by atoms with Crippen LogP contribution in [0.2, 0.25) is 0 Å². The Morgan fingerprint density at radius 2 is 2.08 bits per heavy atom. The second-order valence-electron chi connectivity index (χ2n) is 3.20. The largest absolute Gasteiger partial charge is 0.308 e. The summed E-state index contributed by atoms with van der Waals surface area (Å²) in [5, 5.41) is 0. The van der Waals surface area contributed by atoms with Crippen LogP contribution in [0.5, 0.6) is 0 Å². The van der Waals surface area contributed by atoms with E-state index in [2.05, 4.69) is 0 Å². The van der Waals surface area contributed by atoms with E-state index in [9.17, 15) is 8.60 Å². The summed E-state index contributed by atoms with van der Waals surface area (Å²) in [5.41, 5.74) is 0.296. The van der Waals surface area contributed by atoms with Gasteiger partial charge < -0.3 is 9.11 Å². The summed E-state index contributed by atoms with van der Waals surface area (Å²) < 4.78 is 41.7. The molecule has 0 unspecified atom stereocenters. The molecule has 0 bridgehead atoms. The van der Waals surface area contributed by atoms with Crippen LogP contribution in [-0.2, 0) is 15.4 Å². The van der Waals surface area contributed by atoms with E-state index in [-0.39, 0.29) is 0 Å². The van der Waals surface area contributed by atoms with Crippen LogP contribution in [0.3, 0.4) is 0 Å². The Labute approximate surface area is 75.6 Å². The molecule has 0 saturated heterocycles. The van der Waals surface area contributed by atoms with Gasteiger partial charge in [-0.2, -0.15) is 0 Å². The Kier molecular flexibility index (Phi) is 2.27. The Morgan fingerprint density at radius 1 is 1.46 bits per heavy atom. The van der Waals surface area contributed by atoms with Crippen LogP contribution in [0.15, 0.2) is 24.3 Å². The molecule has 0 aromatic heterocycles. The van der Waals surface area contributed by atoms with Crippen molar-refractivity contribution in [3.63, 3.8) is 0 Å². The van der Waals surface area contributed by atoms with Gasteiger partial charge in [0.05, 0.1) is 15.4 Å². The molecule has 74 valence electrons. The minimum atomic E-state index is -4.56. The summed E-state index contributed by atoms with van der Waals surface area (Å²) >= 11 is 0. The van der Waals surface area contributed by atoms with E-state index >= 15 is 0 Å². The summed E-state index contributed by atoms with van der Waals surface area (Å²) in [6.45, 7) is 0. The van der Waals surface area contributed by atoms with Crippen LogP contribution in [0.1, 0.15) is 5.56 Å². The van der Waals surface area contributed by atoms with Crippen LogP contribution in [0, 0.1) is 5.82 Å². The molecule has 0 atom stereocenters. The molecule has 0 aliphatic carbocycles. The summed E-state index contributed by atoms with van der Waals surface area (Å²) in [6.07, 6.45) is 0.835. The first-order chi connectivity index (χ1) is 5.72. The predicted molar refractivity (Wildman–Crippen MR) is 49.4 cm³/mol. The molecule has 2 N–H and O–H groups in total. The molecule has 1 rings (SSSR count). The first-order valence-electron chi connectivity index (χ1n) is 3.59. The number of halogens is 1. The molecule has 0 heterocycles. The molecule has 0 fully saturated rings. The second-order valence-corrected chi connectivity index (χ2v) is 6.34. The van der Waals surface area contributed by atoms with Gasteiger partial charge in [-0.05, 0) is 17.7 Å². The first-order valence-corrected chi connectivity index (χ1v) is 6.05. The lowest BCUT2D eigenvalue weighted by Crippen LogP contribution is -2.31. The highest BCUT2D eigenvalue weighted by molar-refractivity contribution is 8.08. The van der Waals surface area contributed by atoms with Gasteiger partial charge in [-0.15, -0.1) is 0 Å². The normalized spacial score (nSPS) is 14.9. The Morgan fingerprint density at radius 3 is 2.54 bits per heavy atom. The summed E-state index contributed by atoms with van der Waals surface area (Å²) in [7, 11) is -4.56. The molecule has 1 aromatic rings. The SMILES string of the molecule is CS(=O)(O)(O)Cc1cccc(F)c1. The molecule has 0 radical (unpaired) electrons. The highest BCUT2D eigenvalue weighted by atomic mass is 32.3. The average molecular weight is 206 g/mol.